The van der Waals surface area contributed by atoms with Crippen LogP contribution in [0.5, 0.6) is 0 Å². The first-order chi connectivity index (χ1) is 8.70. The van der Waals surface area contributed by atoms with Gasteiger partial charge in [0.1, 0.15) is 0 Å². The van der Waals surface area contributed by atoms with Gasteiger partial charge in [-0.1, -0.05) is 42.5 Å². The van der Waals surface area contributed by atoms with Crippen molar-refractivity contribution in [3.8, 4) is 0 Å². The van der Waals surface area contributed by atoms with Crippen molar-refractivity contribution in [2.75, 3.05) is 6.61 Å². The van der Waals surface area contributed by atoms with Crippen LogP contribution in [0.2, 0.25) is 0 Å². The van der Waals surface area contributed by atoms with E-state index in [0.29, 0.717) is 6.61 Å². The summed E-state index contributed by atoms with van der Waals surface area (Å²) >= 11 is 0. The fourth-order valence-corrected chi connectivity index (χ4v) is 1.41. The monoisotopic (exact) mass is 246 g/mol. The maximum absolute atomic E-state index is 10.8. The van der Waals surface area contributed by atoms with Crippen molar-refractivity contribution in [1.29, 1.82) is 0 Å². The Morgan fingerprint density at radius 2 is 1.89 bits per heavy atom. The van der Waals surface area contributed by atoms with E-state index in [1.165, 1.54) is 12.5 Å². The summed E-state index contributed by atoms with van der Waals surface area (Å²) in [5, 5.41) is 0. The van der Waals surface area contributed by atoms with E-state index >= 15 is 0 Å². The van der Waals surface area contributed by atoms with E-state index in [0.717, 1.165) is 19.3 Å². The second-order valence-electron chi connectivity index (χ2n) is 4.00. The first-order valence-corrected chi connectivity index (χ1v) is 6.09. The van der Waals surface area contributed by atoms with Crippen LogP contribution in [0.4, 0.5) is 0 Å². The summed E-state index contributed by atoms with van der Waals surface area (Å²) in [5.41, 5.74) is 1.18. The van der Waals surface area contributed by atoms with Crippen LogP contribution < -0.4 is 0 Å². The first kappa shape index (κ1) is 14.2. The predicted octanol–water partition coefficient (Wildman–Crippen LogP) is 3.00. The third-order valence-electron chi connectivity index (χ3n) is 2.40. The molecule has 18 heavy (non-hydrogen) atoms. The van der Waals surface area contributed by atoms with Crippen molar-refractivity contribution in [3.05, 3.63) is 42.0 Å². The summed E-state index contributed by atoms with van der Waals surface area (Å²) in [5.74, 6) is -1.28. The van der Waals surface area contributed by atoms with Gasteiger partial charge in [-0.2, -0.15) is 0 Å². The fourth-order valence-electron chi connectivity index (χ4n) is 1.41. The molecule has 3 heteroatoms. The third-order valence-corrected chi connectivity index (χ3v) is 2.40. The van der Waals surface area contributed by atoms with E-state index < -0.39 is 11.8 Å². The van der Waals surface area contributed by atoms with Crippen LogP contribution in [0.25, 0.3) is 6.08 Å². The Bertz CT molecular complexity index is 407. The lowest BCUT2D eigenvalue weighted by atomic mass is 10.2. The molecule has 0 fully saturated rings. The van der Waals surface area contributed by atoms with Gasteiger partial charge >= 0.3 is 5.97 Å². The summed E-state index contributed by atoms with van der Waals surface area (Å²) in [7, 11) is 0. The highest BCUT2D eigenvalue weighted by atomic mass is 16.5. The molecule has 0 saturated carbocycles. The zero-order valence-electron chi connectivity index (χ0n) is 10.6. The number of esters is 1. The minimum Gasteiger partial charge on any atom is -0.460 e. The number of Topliss-reactive ketones (excluding diaryl/α,β-unsaturated/α-hetero) is 1. The molecule has 3 nitrogen and oxygen atoms in total. The lowest BCUT2D eigenvalue weighted by Crippen LogP contribution is -2.14. The molecule has 0 N–H and O–H groups in total. The number of unbranched alkanes of at least 4 members (excludes halogenated alkanes) is 2. The average Bonchev–Trinajstić information content (AvgIpc) is 2.38. The molecule has 0 saturated heterocycles. The Kier molecular flexibility index (Phi) is 6.47. The van der Waals surface area contributed by atoms with Gasteiger partial charge in [-0.15, -0.1) is 0 Å². The van der Waals surface area contributed by atoms with Gasteiger partial charge in [-0.3, -0.25) is 4.79 Å². The molecular weight excluding hydrogens is 228 g/mol. The number of carbonyl (C=O) groups excluding carboxylic acids is 2. The Labute approximate surface area is 107 Å². The summed E-state index contributed by atoms with van der Waals surface area (Å²) in [6, 6.07) is 10.1. The molecule has 1 rings (SSSR count). The zero-order valence-corrected chi connectivity index (χ0v) is 10.6. The predicted molar refractivity (Wildman–Crippen MR) is 71.0 cm³/mol. The van der Waals surface area contributed by atoms with Crippen molar-refractivity contribution in [3.63, 3.8) is 0 Å². The van der Waals surface area contributed by atoms with E-state index in [-0.39, 0.29) is 0 Å². The van der Waals surface area contributed by atoms with Gasteiger partial charge in [0.2, 0.25) is 5.78 Å². The molecule has 0 unspecified atom stereocenters. The van der Waals surface area contributed by atoms with Gasteiger partial charge in [-0.25, -0.2) is 4.79 Å². The second-order valence-corrected chi connectivity index (χ2v) is 4.00. The van der Waals surface area contributed by atoms with Crippen LogP contribution in [0.3, 0.4) is 0 Å². The van der Waals surface area contributed by atoms with Crippen LogP contribution >= 0.6 is 0 Å². The molecular formula is C15H18O3. The van der Waals surface area contributed by atoms with Gasteiger partial charge in [0.05, 0.1) is 6.61 Å². The Balaban J connectivity index is 2.07. The van der Waals surface area contributed by atoms with E-state index in [2.05, 4.69) is 12.2 Å². The SMILES string of the molecule is CC(=O)C(=O)OCCCCC=Cc1ccccc1. The number of hydrogen-bond acceptors (Lipinski definition) is 3. The highest BCUT2D eigenvalue weighted by Crippen LogP contribution is 2.04. The molecule has 0 aromatic heterocycles. The smallest absolute Gasteiger partial charge is 0.374 e. The van der Waals surface area contributed by atoms with Crippen LogP contribution in [0.15, 0.2) is 36.4 Å². The van der Waals surface area contributed by atoms with Crippen molar-refractivity contribution >= 4 is 17.8 Å². The molecule has 0 amide bonds. The van der Waals surface area contributed by atoms with Gasteiger partial charge < -0.3 is 4.74 Å². The maximum atomic E-state index is 10.8. The lowest BCUT2D eigenvalue weighted by Gasteiger charge is -2.00. The van der Waals surface area contributed by atoms with Gasteiger partial charge in [0.15, 0.2) is 0 Å². The minimum absolute atomic E-state index is 0.317. The molecule has 0 bridgehead atoms. The standard InChI is InChI=1S/C15H18O3/c1-13(16)15(17)18-12-8-3-2-5-9-14-10-6-4-7-11-14/h4-7,9-11H,2-3,8,12H2,1H3. The largest absolute Gasteiger partial charge is 0.460 e. The quantitative estimate of drug-likeness (QED) is 0.422. The highest BCUT2D eigenvalue weighted by Gasteiger charge is 2.07. The fraction of sp³-hybridized carbons (Fsp3) is 0.333. The zero-order chi connectivity index (χ0) is 13.2. The van der Waals surface area contributed by atoms with Crippen LogP contribution in [-0.2, 0) is 14.3 Å². The number of ketones is 1. The topological polar surface area (TPSA) is 43.4 Å². The number of hydrogen-bond donors (Lipinski definition) is 0. The summed E-state index contributed by atoms with van der Waals surface area (Å²) in [4.78, 5) is 21.4. The number of carbonyl (C=O) groups is 2. The molecule has 0 radical (unpaired) electrons. The molecule has 1 aromatic carbocycles. The molecule has 0 aliphatic heterocycles. The Morgan fingerprint density at radius 1 is 1.17 bits per heavy atom. The molecule has 96 valence electrons. The van der Waals surface area contributed by atoms with E-state index in [1.54, 1.807) is 0 Å². The van der Waals surface area contributed by atoms with Crippen molar-refractivity contribution in [1.82, 2.24) is 0 Å². The number of ether oxygens (including phenoxy) is 1. The molecule has 0 heterocycles. The highest BCUT2D eigenvalue weighted by molar-refractivity contribution is 6.32. The molecule has 0 aliphatic carbocycles. The van der Waals surface area contributed by atoms with Gasteiger partial charge in [-0.05, 0) is 24.8 Å². The second kappa shape index (κ2) is 8.23. The first-order valence-electron chi connectivity index (χ1n) is 6.09. The van der Waals surface area contributed by atoms with E-state index in [4.69, 9.17) is 4.74 Å². The molecule has 0 spiro atoms. The lowest BCUT2D eigenvalue weighted by molar-refractivity contribution is -0.153. The van der Waals surface area contributed by atoms with Crippen molar-refractivity contribution in [2.24, 2.45) is 0 Å². The average molecular weight is 246 g/mol. The molecule has 1 aromatic rings. The van der Waals surface area contributed by atoms with Gasteiger partial charge in [0, 0.05) is 6.92 Å². The number of rotatable bonds is 7. The normalized spacial score (nSPS) is 10.5. The Morgan fingerprint density at radius 3 is 2.56 bits per heavy atom. The maximum Gasteiger partial charge on any atom is 0.374 e. The number of allylic oxidation sites excluding steroid dienone is 1. The van der Waals surface area contributed by atoms with Crippen molar-refractivity contribution < 1.29 is 14.3 Å². The van der Waals surface area contributed by atoms with E-state index in [1.807, 2.05) is 30.3 Å². The van der Waals surface area contributed by atoms with Crippen LogP contribution in [0, 0.1) is 0 Å². The summed E-state index contributed by atoms with van der Waals surface area (Å²) < 4.78 is 4.76. The minimum atomic E-state index is -0.741. The summed E-state index contributed by atoms with van der Waals surface area (Å²) in [6.07, 6.45) is 6.82. The van der Waals surface area contributed by atoms with E-state index in [9.17, 15) is 9.59 Å². The summed E-state index contributed by atoms with van der Waals surface area (Å²) in [6.45, 7) is 1.53. The molecule has 0 atom stereocenters. The van der Waals surface area contributed by atoms with Crippen LogP contribution in [0.1, 0.15) is 31.7 Å². The molecule has 0 aliphatic rings. The van der Waals surface area contributed by atoms with Crippen molar-refractivity contribution in [2.45, 2.75) is 26.2 Å². The number of benzene rings is 1. The van der Waals surface area contributed by atoms with Crippen LogP contribution in [-0.4, -0.2) is 18.4 Å². The Hall–Kier alpha value is -1.90. The van der Waals surface area contributed by atoms with Gasteiger partial charge in [0.25, 0.3) is 0 Å². The third kappa shape index (κ3) is 5.99.